The Hall–Kier alpha value is -2.84. The Morgan fingerprint density at radius 1 is 1.23 bits per heavy atom. The molecule has 1 aliphatic rings. The van der Waals surface area contributed by atoms with E-state index in [-0.39, 0.29) is 12.6 Å². The van der Waals surface area contributed by atoms with Gasteiger partial charge in [-0.3, -0.25) is 14.8 Å². The predicted molar refractivity (Wildman–Crippen MR) is 116 cm³/mol. The van der Waals surface area contributed by atoms with Crippen LogP contribution >= 0.6 is 0 Å². The summed E-state index contributed by atoms with van der Waals surface area (Å²) in [7, 11) is 1.97. The number of likely N-dealkylation sites (tertiary alicyclic amines) is 1. The van der Waals surface area contributed by atoms with E-state index >= 15 is 0 Å². The Bertz CT molecular complexity index is 984. The molecule has 1 aliphatic heterocycles. The van der Waals surface area contributed by atoms with Gasteiger partial charge in [-0.15, -0.1) is 0 Å². The van der Waals surface area contributed by atoms with Gasteiger partial charge in [-0.05, 0) is 56.1 Å². The quantitative estimate of drug-likeness (QED) is 0.626. The highest BCUT2D eigenvalue weighted by Crippen LogP contribution is 2.24. The highest BCUT2D eigenvalue weighted by Gasteiger charge is 2.23. The number of aromatic amines is 1. The fourth-order valence-corrected chi connectivity index (χ4v) is 4.04. The van der Waals surface area contributed by atoms with Crippen molar-refractivity contribution < 1.29 is 9.18 Å². The lowest BCUT2D eigenvalue weighted by atomic mass is 10.0. The monoisotopic (exact) mass is 410 g/mol. The van der Waals surface area contributed by atoms with Crippen LogP contribution in [0.15, 0.2) is 42.9 Å². The number of nitrogens with one attached hydrogen (secondary N) is 2. The van der Waals surface area contributed by atoms with Crippen molar-refractivity contribution in [3.8, 4) is 11.1 Å². The van der Waals surface area contributed by atoms with Crippen molar-refractivity contribution in [3.05, 3.63) is 42.9 Å². The first-order valence-corrected chi connectivity index (χ1v) is 10.3. The molecule has 0 saturated carbocycles. The van der Waals surface area contributed by atoms with Gasteiger partial charge in [-0.25, -0.2) is 9.37 Å². The number of fused-ring (bicyclic) bond motifs is 1. The number of nitrogens with zero attached hydrogens (tertiary/aromatic N) is 4. The van der Waals surface area contributed by atoms with E-state index < -0.39 is 0 Å². The van der Waals surface area contributed by atoms with Crippen LogP contribution in [0, 0.1) is 0 Å². The number of halogens is 1. The standard InChI is InChI=1S/C22H27FN6O/c1-28(20-4-7-29(8-5-20)9-6-23)15-22(30)27-21-11-18-10-16(19-13-25-26-14-19)2-3-17(18)12-24-21/h2-3,10-14,20H,4-9,15H2,1H3,(H,25,26)(H,24,27,30). The summed E-state index contributed by atoms with van der Waals surface area (Å²) in [6, 6.07) is 8.34. The first-order valence-electron chi connectivity index (χ1n) is 10.3. The van der Waals surface area contributed by atoms with Gasteiger partial charge in [0.2, 0.25) is 5.91 Å². The van der Waals surface area contributed by atoms with E-state index in [0.29, 0.717) is 24.9 Å². The van der Waals surface area contributed by atoms with Gasteiger partial charge in [0.15, 0.2) is 0 Å². The zero-order valence-electron chi connectivity index (χ0n) is 17.1. The van der Waals surface area contributed by atoms with Gasteiger partial charge >= 0.3 is 0 Å². The van der Waals surface area contributed by atoms with E-state index in [4.69, 9.17) is 0 Å². The molecule has 0 spiro atoms. The van der Waals surface area contributed by atoms with Crippen LogP contribution in [0.3, 0.4) is 0 Å². The SMILES string of the molecule is CN(CC(=O)Nc1cc2cc(-c3cn[nH]c3)ccc2cn1)C1CCN(CCF)CC1. The number of anilines is 1. The van der Waals surface area contributed by atoms with Gasteiger partial charge < -0.3 is 10.2 Å². The molecular formula is C22H27FN6O. The molecule has 0 unspecified atom stereocenters. The maximum absolute atomic E-state index is 12.6. The number of carbonyl (C=O) groups is 1. The van der Waals surface area contributed by atoms with E-state index in [9.17, 15) is 9.18 Å². The van der Waals surface area contributed by atoms with Crippen LogP contribution in [0.2, 0.25) is 0 Å². The topological polar surface area (TPSA) is 77.1 Å². The minimum absolute atomic E-state index is 0.0819. The third-order valence-electron chi connectivity index (χ3n) is 5.79. The molecule has 3 heterocycles. The summed E-state index contributed by atoms with van der Waals surface area (Å²) in [6.07, 6.45) is 7.31. The summed E-state index contributed by atoms with van der Waals surface area (Å²) in [5.41, 5.74) is 2.07. The summed E-state index contributed by atoms with van der Waals surface area (Å²) >= 11 is 0. The zero-order valence-corrected chi connectivity index (χ0v) is 17.1. The summed E-state index contributed by atoms with van der Waals surface area (Å²) in [6.45, 7) is 2.28. The van der Waals surface area contributed by atoms with Crippen LogP contribution in [-0.4, -0.2) is 76.8 Å². The van der Waals surface area contributed by atoms with Gasteiger partial charge in [-0.2, -0.15) is 5.10 Å². The largest absolute Gasteiger partial charge is 0.310 e. The highest BCUT2D eigenvalue weighted by atomic mass is 19.1. The van der Waals surface area contributed by atoms with E-state index in [1.54, 1.807) is 12.4 Å². The van der Waals surface area contributed by atoms with Crippen LogP contribution in [0.25, 0.3) is 21.9 Å². The molecule has 1 saturated heterocycles. The van der Waals surface area contributed by atoms with E-state index in [1.807, 2.05) is 31.4 Å². The van der Waals surface area contributed by atoms with Crippen molar-refractivity contribution >= 4 is 22.5 Å². The second-order valence-electron chi connectivity index (χ2n) is 7.84. The maximum atomic E-state index is 12.6. The molecule has 0 bridgehead atoms. The predicted octanol–water partition coefficient (Wildman–Crippen LogP) is 2.93. The molecule has 8 heteroatoms. The molecule has 1 aromatic carbocycles. The van der Waals surface area contributed by atoms with E-state index in [2.05, 4.69) is 36.4 Å². The van der Waals surface area contributed by atoms with Crippen molar-refractivity contribution in [2.24, 2.45) is 0 Å². The molecule has 2 aromatic heterocycles. The molecule has 0 radical (unpaired) electrons. The van der Waals surface area contributed by atoms with Crippen LogP contribution < -0.4 is 5.32 Å². The summed E-state index contributed by atoms with van der Waals surface area (Å²) in [4.78, 5) is 21.2. The molecule has 4 rings (SSSR count). The number of benzene rings is 1. The Morgan fingerprint density at radius 2 is 2.07 bits per heavy atom. The number of hydrogen-bond acceptors (Lipinski definition) is 5. The second-order valence-corrected chi connectivity index (χ2v) is 7.84. The van der Waals surface area contributed by atoms with Crippen molar-refractivity contribution in [3.63, 3.8) is 0 Å². The smallest absolute Gasteiger partial charge is 0.239 e. The van der Waals surface area contributed by atoms with E-state index in [0.717, 1.165) is 47.8 Å². The lowest BCUT2D eigenvalue weighted by Gasteiger charge is -2.36. The van der Waals surface area contributed by atoms with Crippen LogP contribution in [0.5, 0.6) is 0 Å². The molecule has 30 heavy (non-hydrogen) atoms. The Morgan fingerprint density at radius 3 is 2.80 bits per heavy atom. The lowest BCUT2D eigenvalue weighted by Crippen LogP contribution is -2.46. The lowest BCUT2D eigenvalue weighted by molar-refractivity contribution is -0.117. The summed E-state index contributed by atoms with van der Waals surface area (Å²) in [5, 5.41) is 11.8. The number of amides is 1. The third-order valence-corrected chi connectivity index (χ3v) is 5.79. The Balaban J connectivity index is 1.37. The maximum Gasteiger partial charge on any atom is 0.239 e. The number of piperidine rings is 1. The van der Waals surface area contributed by atoms with Crippen LogP contribution in [0.4, 0.5) is 10.2 Å². The number of aromatic nitrogens is 3. The first-order chi connectivity index (χ1) is 14.6. The molecule has 1 fully saturated rings. The normalized spacial score (nSPS) is 15.7. The van der Waals surface area contributed by atoms with Crippen molar-refractivity contribution in [2.45, 2.75) is 18.9 Å². The molecule has 3 aromatic rings. The summed E-state index contributed by atoms with van der Waals surface area (Å²) < 4.78 is 12.5. The molecule has 2 N–H and O–H groups in total. The van der Waals surface area contributed by atoms with Crippen LogP contribution in [0.1, 0.15) is 12.8 Å². The van der Waals surface area contributed by atoms with Crippen molar-refractivity contribution in [1.82, 2.24) is 25.0 Å². The number of pyridine rings is 1. The molecular weight excluding hydrogens is 383 g/mol. The summed E-state index contributed by atoms with van der Waals surface area (Å²) in [5.74, 6) is 0.463. The first kappa shape index (κ1) is 20.4. The number of likely N-dealkylation sites (N-methyl/N-ethyl adjacent to an activating group) is 1. The molecule has 7 nitrogen and oxygen atoms in total. The molecule has 0 aliphatic carbocycles. The van der Waals surface area contributed by atoms with Gasteiger partial charge in [0.25, 0.3) is 0 Å². The van der Waals surface area contributed by atoms with Gasteiger partial charge in [0, 0.05) is 35.9 Å². The number of H-pyrrole nitrogens is 1. The van der Waals surface area contributed by atoms with E-state index in [1.165, 1.54) is 0 Å². The fraction of sp³-hybridized carbons (Fsp3) is 0.409. The second kappa shape index (κ2) is 9.32. The minimum atomic E-state index is -0.300. The molecule has 158 valence electrons. The Labute approximate surface area is 175 Å². The molecule has 0 atom stereocenters. The third kappa shape index (κ3) is 4.83. The van der Waals surface area contributed by atoms with Gasteiger partial charge in [0.05, 0.1) is 12.7 Å². The highest BCUT2D eigenvalue weighted by molar-refractivity contribution is 5.94. The number of carbonyl (C=O) groups excluding carboxylic acids is 1. The van der Waals surface area contributed by atoms with Gasteiger partial charge in [0.1, 0.15) is 12.5 Å². The fourth-order valence-electron chi connectivity index (χ4n) is 4.04. The number of hydrogen-bond donors (Lipinski definition) is 2. The number of alkyl halides is 1. The Kier molecular flexibility index (Phi) is 6.35. The minimum Gasteiger partial charge on any atom is -0.310 e. The average molecular weight is 410 g/mol. The van der Waals surface area contributed by atoms with Crippen LogP contribution in [-0.2, 0) is 4.79 Å². The van der Waals surface area contributed by atoms with Crippen molar-refractivity contribution in [1.29, 1.82) is 0 Å². The number of rotatable bonds is 7. The van der Waals surface area contributed by atoms with Gasteiger partial charge in [-0.1, -0.05) is 12.1 Å². The average Bonchev–Trinajstić information content (AvgIpc) is 3.29. The molecule has 1 amide bonds. The zero-order chi connectivity index (χ0) is 20.9. The van der Waals surface area contributed by atoms with Crippen molar-refractivity contribution in [2.75, 3.05) is 45.2 Å².